The van der Waals surface area contributed by atoms with Gasteiger partial charge < -0.3 is 5.32 Å². The van der Waals surface area contributed by atoms with Crippen molar-refractivity contribution < 1.29 is 0 Å². The predicted octanol–water partition coefficient (Wildman–Crippen LogP) is 3.83. The largest absolute Gasteiger partial charge is 0.311 e. The molecule has 0 bridgehead atoms. The van der Waals surface area contributed by atoms with Crippen molar-refractivity contribution in [3.05, 3.63) is 38.5 Å². The van der Waals surface area contributed by atoms with Crippen molar-refractivity contribution in [3.63, 3.8) is 0 Å². The summed E-state index contributed by atoms with van der Waals surface area (Å²) in [6, 6.07) is 4.34. The number of hydrogen-bond donors (Lipinski definition) is 1. The van der Waals surface area contributed by atoms with Crippen molar-refractivity contribution in [3.8, 4) is 0 Å². The van der Waals surface area contributed by atoms with Gasteiger partial charge in [0.05, 0.1) is 5.01 Å². The maximum atomic E-state index is 4.38. The number of thiazole rings is 1. The molecule has 0 saturated heterocycles. The lowest BCUT2D eigenvalue weighted by atomic mass is 9.91. The average Bonchev–Trinajstić information content (AvgIpc) is 3.00. The summed E-state index contributed by atoms with van der Waals surface area (Å²) in [4.78, 5) is 7.15. The quantitative estimate of drug-likeness (QED) is 0.869. The van der Waals surface area contributed by atoms with E-state index >= 15 is 0 Å². The SMILES string of the molecule is CCc1ncc(CNCC(C)(C)c2cccs2)s1. The zero-order valence-electron chi connectivity index (χ0n) is 11.2. The predicted molar refractivity (Wildman–Crippen MR) is 80.5 cm³/mol. The molecule has 2 aromatic heterocycles. The molecule has 0 aliphatic heterocycles. The van der Waals surface area contributed by atoms with Crippen LogP contribution in [0.4, 0.5) is 0 Å². The molecule has 0 unspecified atom stereocenters. The van der Waals surface area contributed by atoms with E-state index in [1.807, 2.05) is 28.9 Å². The van der Waals surface area contributed by atoms with Crippen molar-refractivity contribution in [2.45, 2.75) is 39.2 Å². The van der Waals surface area contributed by atoms with Crippen molar-refractivity contribution in [1.29, 1.82) is 0 Å². The third kappa shape index (κ3) is 3.40. The van der Waals surface area contributed by atoms with Gasteiger partial charge in [-0.3, -0.25) is 0 Å². The zero-order valence-corrected chi connectivity index (χ0v) is 12.8. The molecule has 0 fully saturated rings. The van der Waals surface area contributed by atoms with Gasteiger partial charge in [-0.15, -0.1) is 22.7 Å². The fraction of sp³-hybridized carbons (Fsp3) is 0.500. The first kappa shape index (κ1) is 13.7. The van der Waals surface area contributed by atoms with Crippen molar-refractivity contribution >= 4 is 22.7 Å². The monoisotopic (exact) mass is 280 g/mol. The normalized spacial score (nSPS) is 11.9. The first-order valence-corrected chi connectivity index (χ1v) is 7.99. The van der Waals surface area contributed by atoms with E-state index in [1.165, 1.54) is 14.8 Å². The van der Waals surface area contributed by atoms with E-state index in [1.54, 1.807) is 0 Å². The van der Waals surface area contributed by atoms with E-state index in [2.05, 4.69) is 48.6 Å². The molecule has 4 heteroatoms. The molecule has 1 N–H and O–H groups in total. The van der Waals surface area contributed by atoms with Crippen LogP contribution in [-0.2, 0) is 18.4 Å². The van der Waals surface area contributed by atoms with Crippen LogP contribution in [0.25, 0.3) is 0 Å². The zero-order chi connectivity index (χ0) is 13.0. The van der Waals surface area contributed by atoms with Crippen molar-refractivity contribution in [2.75, 3.05) is 6.54 Å². The van der Waals surface area contributed by atoms with E-state index in [0.29, 0.717) is 0 Å². The Morgan fingerprint density at radius 3 is 2.83 bits per heavy atom. The van der Waals surface area contributed by atoms with Crippen LogP contribution in [0.15, 0.2) is 23.7 Å². The van der Waals surface area contributed by atoms with Crippen LogP contribution in [0.3, 0.4) is 0 Å². The molecule has 0 amide bonds. The number of nitrogens with zero attached hydrogens (tertiary/aromatic N) is 1. The lowest BCUT2D eigenvalue weighted by Crippen LogP contribution is -2.31. The van der Waals surface area contributed by atoms with Gasteiger partial charge in [-0.25, -0.2) is 4.98 Å². The van der Waals surface area contributed by atoms with Gasteiger partial charge in [-0.05, 0) is 17.9 Å². The van der Waals surface area contributed by atoms with Gasteiger partial charge >= 0.3 is 0 Å². The number of hydrogen-bond acceptors (Lipinski definition) is 4. The van der Waals surface area contributed by atoms with Crippen LogP contribution in [0.2, 0.25) is 0 Å². The summed E-state index contributed by atoms with van der Waals surface area (Å²) in [6.45, 7) is 8.64. The molecular formula is C14H20N2S2. The summed E-state index contributed by atoms with van der Waals surface area (Å²) in [5.74, 6) is 0. The molecule has 0 radical (unpaired) electrons. The number of aromatic nitrogens is 1. The molecule has 0 aliphatic carbocycles. The van der Waals surface area contributed by atoms with Gasteiger partial charge in [0.15, 0.2) is 0 Å². The molecule has 2 nitrogen and oxygen atoms in total. The van der Waals surface area contributed by atoms with Crippen LogP contribution in [0, 0.1) is 0 Å². The third-order valence-electron chi connectivity index (χ3n) is 2.96. The lowest BCUT2D eigenvalue weighted by Gasteiger charge is -2.23. The number of rotatable bonds is 6. The van der Waals surface area contributed by atoms with E-state index in [9.17, 15) is 0 Å². The van der Waals surface area contributed by atoms with Crippen LogP contribution in [-0.4, -0.2) is 11.5 Å². The van der Waals surface area contributed by atoms with Gasteiger partial charge in [0.1, 0.15) is 0 Å². The topological polar surface area (TPSA) is 24.9 Å². The molecule has 0 saturated carbocycles. The molecule has 0 spiro atoms. The average molecular weight is 280 g/mol. The van der Waals surface area contributed by atoms with Crippen LogP contribution < -0.4 is 5.32 Å². The van der Waals surface area contributed by atoms with Gasteiger partial charge in [-0.1, -0.05) is 26.8 Å². The molecule has 0 atom stereocenters. The minimum absolute atomic E-state index is 0.201. The summed E-state index contributed by atoms with van der Waals surface area (Å²) in [5, 5.41) is 6.92. The maximum Gasteiger partial charge on any atom is 0.0925 e. The first-order valence-electron chi connectivity index (χ1n) is 6.30. The minimum Gasteiger partial charge on any atom is -0.311 e. The Balaban J connectivity index is 1.85. The second-order valence-electron chi connectivity index (χ2n) is 5.04. The highest BCUT2D eigenvalue weighted by Crippen LogP contribution is 2.26. The Morgan fingerprint density at radius 2 is 2.22 bits per heavy atom. The molecule has 0 aliphatic rings. The number of aryl methyl sites for hydroxylation is 1. The fourth-order valence-electron chi connectivity index (χ4n) is 1.84. The van der Waals surface area contributed by atoms with E-state index in [-0.39, 0.29) is 5.41 Å². The summed E-state index contributed by atoms with van der Waals surface area (Å²) >= 11 is 3.64. The Kier molecular flexibility index (Phi) is 4.54. The first-order chi connectivity index (χ1) is 8.62. The summed E-state index contributed by atoms with van der Waals surface area (Å²) in [6.07, 6.45) is 3.03. The standard InChI is InChI=1S/C14H20N2S2/c1-4-13-16-9-11(18-13)8-15-10-14(2,3)12-6-5-7-17-12/h5-7,9,15H,4,8,10H2,1-3H3. The van der Waals surface area contributed by atoms with Crippen LogP contribution in [0.1, 0.15) is 35.5 Å². The summed E-state index contributed by atoms with van der Waals surface area (Å²) in [7, 11) is 0. The Hall–Kier alpha value is -0.710. The smallest absolute Gasteiger partial charge is 0.0925 e. The molecule has 2 aromatic rings. The molecule has 98 valence electrons. The Bertz CT molecular complexity index is 472. The third-order valence-corrected chi connectivity index (χ3v) is 5.34. The molecule has 2 heterocycles. The molecule has 18 heavy (non-hydrogen) atoms. The highest BCUT2D eigenvalue weighted by Gasteiger charge is 2.20. The van der Waals surface area contributed by atoms with E-state index in [4.69, 9.17) is 0 Å². The second-order valence-corrected chi connectivity index (χ2v) is 7.19. The fourth-order valence-corrected chi connectivity index (χ4v) is 3.53. The molecule has 0 aromatic carbocycles. The van der Waals surface area contributed by atoms with Gasteiger partial charge in [0.2, 0.25) is 0 Å². The number of thiophene rings is 1. The van der Waals surface area contributed by atoms with Crippen LogP contribution in [0.5, 0.6) is 0 Å². The Morgan fingerprint density at radius 1 is 1.39 bits per heavy atom. The lowest BCUT2D eigenvalue weighted by molar-refractivity contribution is 0.478. The number of nitrogens with one attached hydrogen (secondary N) is 1. The second kappa shape index (κ2) is 5.95. The van der Waals surface area contributed by atoms with Gasteiger partial charge in [-0.2, -0.15) is 0 Å². The summed E-state index contributed by atoms with van der Waals surface area (Å²) in [5.41, 5.74) is 0.201. The van der Waals surface area contributed by atoms with E-state index in [0.717, 1.165) is 19.5 Å². The molecular weight excluding hydrogens is 260 g/mol. The van der Waals surface area contributed by atoms with Gasteiger partial charge in [0, 0.05) is 34.5 Å². The highest BCUT2D eigenvalue weighted by atomic mass is 32.1. The summed E-state index contributed by atoms with van der Waals surface area (Å²) < 4.78 is 0. The highest BCUT2D eigenvalue weighted by molar-refractivity contribution is 7.11. The van der Waals surface area contributed by atoms with Crippen molar-refractivity contribution in [1.82, 2.24) is 10.3 Å². The van der Waals surface area contributed by atoms with Crippen LogP contribution >= 0.6 is 22.7 Å². The minimum atomic E-state index is 0.201. The van der Waals surface area contributed by atoms with E-state index < -0.39 is 0 Å². The maximum absolute atomic E-state index is 4.38. The van der Waals surface area contributed by atoms with Gasteiger partial charge in [0.25, 0.3) is 0 Å². The van der Waals surface area contributed by atoms with Crippen molar-refractivity contribution in [2.24, 2.45) is 0 Å². The Labute approximate surface area is 117 Å². The molecule has 2 rings (SSSR count).